The van der Waals surface area contributed by atoms with Crippen LogP contribution < -0.4 is 0 Å². The molecule has 6 nitrogen and oxygen atoms in total. The highest BCUT2D eigenvalue weighted by Gasteiger charge is 2.25. The molecule has 3 heterocycles. The molecule has 0 N–H and O–H groups in total. The molecule has 0 saturated heterocycles. The summed E-state index contributed by atoms with van der Waals surface area (Å²) in [7, 11) is 0. The summed E-state index contributed by atoms with van der Waals surface area (Å²) in [6.45, 7) is 2.72. The monoisotopic (exact) mass is 269 g/mol. The lowest BCUT2D eigenvalue weighted by Gasteiger charge is -2.23. The van der Waals surface area contributed by atoms with E-state index in [1.165, 1.54) is 0 Å². The van der Waals surface area contributed by atoms with Crippen molar-refractivity contribution in [1.82, 2.24) is 24.6 Å². The summed E-state index contributed by atoms with van der Waals surface area (Å²) in [4.78, 5) is 18.7. The number of hydrogen-bond acceptors (Lipinski definition) is 4. The Morgan fingerprint density at radius 1 is 1.35 bits per heavy atom. The number of carbonyl (C=O) groups is 1. The van der Waals surface area contributed by atoms with Crippen molar-refractivity contribution in [3.8, 4) is 5.82 Å². The summed E-state index contributed by atoms with van der Waals surface area (Å²) >= 11 is 0. The van der Waals surface area contributed by atoms with Gasteiger partial charge in [-0.25, -0.2) is 4.98 Å². The average molecular weight is 269 g/mol. The summed E-state index contributed by atoms with van der Waals surface area (Å²) in [6.07, 6.45) is 8.12. The Morgan fingerprint density at radius 2 is 2.15 bits per heavy atom. The van der Waals surface area contributed by atoms with Gasteiger partial charge in [-0.05, 0) is 18.6 Å². The van der Waals surface area contributed by atoms with Gasteiger partial charge < -0.3 is 4.90 Å². The number of rotatable bonds is 3. The lowest BCUT2D eigenvalue weighted by atomic mass is 10.2. The van der Waals surface area contributed by atoms with Crippen LogP contribution in [0.15, 0.2) is 43.0 Å². The third-order valence-corrected chi connectivity index (χ3v) is 3.38. The maximum atomic E-state index is 12.5. The highest BCUT2D eigenvalue weighted by Crippen LogP contribution is 2.16. The molecule has 20 heavy (non-hydrogen) atoms. The van der Waals surface area contributed by atoms with Crippen molar-refractivity contribution in [3.05, 3.63) is 48.7 Å². The van der Waals surface area contributed by atoms with E-state index >= 15 is 0 Å². The van der Waals surface area contributed by atoms with Gasteiger partial charge in [0, 0.05) is 6.54 Å². The Balaban J connectivity index is 1.87. The molecule has 0 fully saturated rings. The quantitative estimate of drug-likeness (QED) is 0.791. The molecule has 1 amide bonds. The second-order valence-corrected chi connectivity index (χ2v) is 4.61. The van der Waals surface area contributed by atoms with Gasteiger partial charge in [0.25, 0.3) is 5.91 Å². The smallest absolute Gasteiger partial charge is 0.273 e. The molecule has 1 unspecified atom stereocenters. The molecular weight excluding hydrogens is 254 g/mol. The normalized spacial score (nSPS) is 17.6. The summed E-state index contributed by atoms with van der Waals surface area (Å²) in [5.41, 5.74) is 0.443. The van der Waals surface area contributed by atoms with Gasteiger partial charge in [-0.1, -0.05) is 25.1 Å². The Labute approximate surface area is 116 Å². The molecule has 0 saturated carbocycles. The molecule has 1 aliphatic heterocycles. The van der Waals surface area contributed by atoms with Crippen LogP contribution in [0.3, 0.4) is 0 Å². The van der Waals surface area contributed by atoms with Crippen molar-refractivity contribution in [2.75, 3.05) is 6.54 Å². The summed E-state index contributed by atoms with van der Waals surface area (Å²) in [5, 5.41) is 7.49. The van der Waals surface area contributed by atoms with E-state index in [9.17, 15) is 4.79 Å². The van der Waals surface area contributed by atoms with Crippen LogP contribution in [0.4, 0.5) is 0 Å². The number of carbonyl (C=O) groups excluding carboxylic acids is 1. The molecule has 0 aliphatic carbocycles. The Kier molecular flexibility index (Phi) is 3.28. The minimum absolute atomic E-state index is 0.0447. The van der Waals surface area contributed by atoms with Gasteiger partial charge in [0.2, 0.25) is 0 Å². The van der Waals surface area contributed by atoms with Crippen LogP contribution in [0.1, 0.15) is 23.8 Å². The third-order valence-electron chi connectivity index (χ3n) is 3.38. The molecule has 1 aliphatic rings. The van der Waals surface area contributed by atoms with E-state index in [-0.39, 0.29) is 11.9 Å². The highest BCUT2D eigenvalue weighted by atomic mass is 16.2. The summed E-state index contributed by atoms with van der Waals surface area (Å²) < 4.78 is 1.68. The Hall–Kier alpha value is -2.50. The van der Waals surface area contributed by atoms with Gasteiger partial charge in [-0.2, -0.15) is 0 Å². The molecule has 0 aromatic carbocycles. The minimum Gasteiger partial charge on any atom is -0.327 e. The molecule has 102 valence electrons. The van der Waals surface area contributed by atoms with E-state index in [2.05, 4.69) is 28.2 Å². The molecule has 2 aromatic rings. The van der Waals surface area contributed by atoms with Crippen LogP contribution in [-0.2, 0) is 0 Å². The summed E-state index contributed by atoms with van der Waals surface area (Å²) in [6, 6.07) is 5.55. The Morgan fingerprint density at radius 3 is 2.90 bits per heavy atom. The first-order valence-electron chi connectivity index (χ1n) is 6.59. The van der Waals surface area contributed by atoms with Gasteiger partial charge in [0.05, 0.1) is 6.04 Å². The lowest BCUT2D eigenvalue weighted by molar-refractivity contribution is 0.0741. The average Bonchev–Trinajstić information content (AvgIpc) is 3.17. The van der Waals surface area contributed by atoms with Gasteiger partial charge >= 0.3 is 0 Å². The third kappa shape index (κ3) is 2.20. The molecule has 1 atom stereocenters. The van der Waals surface area contributed by atoms with E-state index in [0.29, 0.717) is 18.1 Å². The van der Waals surface area contributed by atoms with Crippen LogP contribution in [0.25, 0.3) is 5.82 Å². The molecule has 3 rings (SSSR count). The van der Waals surface area contributed by atoms with Crippen molar-refractivity contribution in [2.45, 2.75) is 19.4 Å². The summed E-state index contributed by atoms with van der Waals surface area (Å²) in [5.74, 6) is 0.595. The second kappa shape index (κ2) is 5.24. The molecule has 6 heteroatoms. The van der Waals surface area contributed by atoms with Crippen molar-refractivity contribution in [2.24, 2.45) is 0 Å². The zero-order valence-corrected chi connectivity index (χ0v) is 11.2. The first-order valence-corrected chi connectivity index (χ1v) is 6.59. The van der Waals surface area contributed by atoms with E-state index in [1.807, 2.05) is 23.1 Å². The van der Waals surface area contributed by atoms with E-state index in [1.54, 1.807) is 23.3 Å². The number of hydrogen-bond donors (Lipinski definition) is 0. The molecular formula is C14H15N5O. The zero-order chi connectivity index (χ0) is 13.9. The van der Waals surface area contributed by atoms with Gasteiger partial charge in [0.15, 0.2) is 0 Å². The number of aromatic nitrogens is 4. The highest BCUT2D eigenvalue weighted by molar-refractivity contribution is 5.93. The molecule has 2 aromatic heterocycles. The molecule has 0 bridgehead atoms. The standard InChI is InChI=1S/C14H15N5O/c1-2-11-5-4-8-19(11)14(20)12-6-3-7-13(17-12)18-9-15-16-10-18/h3-7,9-11H,2,8H2,1H3. The number of pyridine rings is 1. The van der Waals surface area contributed by atoms with Crippen molar-refractivity contribution in [1.29, 1.82) is 0 Å². The van der Waals surface area contributed by atoms with Crippen LogP contribution in [0.2, 0.25) is 0 Å². The van der Waals surface area contributed by atoms with Crippen LogP contribution in [-0.4, -0.2) is 43.1 Å². The van der Waals surface area contributed by atoms with Crippen LogP contribution in [0.5, 0.6) is 0 Å². The van der Waals surface area contributed by atoms with Crippen molar-refractivity contribution < 1.29 is 4.79 Å². The molecule has 0 spiro atoms. The van der Waals surface area contributed by atoms with Crippen molar-refractivity contribution in [3.63, 3.8) is 0 Å². The maximum Gasteiger partial charge on any atom is 0.273 e. The fourth-order valence-electron chi connectivity index (χ4n) is 2.31. The van der Waals surface area contributed by atoms with Crippen LogP contribution >= 0.6 is 0 Å². The predicted molar refractivity (Wildman–Crippen MR) is 73.4 cm³/mol. The minimum atomic E-state index is -0.0447. The van der Waals surface area contributed by atoms with Gasteiger partial charge in [-0.3, -0.25) is 9.36 Å². The number of nitrogens with zero attached hydrogens (tertiary/aromatic N) is 5. The topological polar surface area (TPSA) is 63.9 Å². The van der Waals surface area contributed by atoms with E-state index in [0.717, 1.165) is 6.42 Å². The molecule has 0 radical (unpaired) electrons. The van der Waals surface area contributed by atoms with Crippen molar-refractivity contribution >= 4 is 5.91 Å². The van der Waals surface area contributed by atoms with Gasteiger partial charge in [-0.15, -0.1) is 10.2 Å². The fourth-order valence-corrected chi connectivity index (χ4v) is 2.31. The SMILES string of the molecule is CCC1C=CCN1C(=O)c1cccc(-n2cnnc2)n1. The first kappa shape index (κ1) is 12.5. The predicted octanol–water partition coefficient (Wildman–Crippen LogP) is 1.45. The van der Waals surface area contributed by atoms with Gasteiger partial charge in [0.1, 0.15) is 24.2 Å². The first-order chi connectivity index (χ1) is 9.79. The van der Waals surface area contributed by atoms with E-state index in [4.69, 9.17) is 0 Å². The maximum absolute atomic E-state index is 12.5. The lowest BCUT2D eigenvalue weighted by Crippen LogP contribution is -2.36. The second-order valence-electron chi connectivity index (χ2n) is 4.61. The fraction of sp³-hybridized carbons (Fsp3) is 0.286. The Bertz CT molecular complexity index is 635. The largest absolute Gasteiger partial charge is 0.327 e. The van der Waals surface area contributed by atoms with E-state index < -0.39 is 0 Å². The van der Waals surface area contributed by atoms with Crippen LogP contribution in [0, 0.1) is 0 Å². The zero-order valence-electron chi connectivity index (χ0n) is 11.2. The number of amides is 1.